The van der Waals surface area contributed by atoms with Gasteiger partial charge >= 0.3 is 0 Å². The minimum atomic E-state index is 0.349. The zero-order valence-electron chi connectivity index (χ0n) is 12.7. The summed E-state index contributed by atoms with van der Waals surface area (Å²) in [6, 6.07) is 16.6. The van der Waals surface area contributed by atoms with Gasteiger partial charge in [-0.3, -0.25) is 0 Å². The molecule has 0 spiro atoms. The van der Waals surface area contributed by atoms with Crippen molar-refractivity contribution in [2.75, 3.05) is 0 Å². The van der Waals surface area contributed by atoms with Crippen molar-refractivity contribution in [3.63, 3.8) is 0 Å². The fraction of sp³-hybridized carbons (Fsp3) is 0.263. The molecule has 112 valence electrons. The van der Waals surface area contributed by atoms with Gasteiger partial charge in [-0.2, -0.15) is 0 Å². The highest BCUT2D eigenvalue weighted by molar-refractivity contribution is 5.87. The van der Waals surface area contributed by atoms with Crippen LogP contribution in [0.15, 0.2) is 48.5 Å². The molecule has 3 nitrogen and oxygen atoms in total. The van der Waals surface area contributed by atoms with Gasteiger partial charge in [-0.25, -0.2) is 0 Å². The maximum atomic E-state index is 9.76. The molecule has 1 aliphatic rings. The standard InChI is InChI=1S/C19H20N2O/c1-21-18-10-7-14(22)11-16(18)15-8-9-17(19(15)21)20-12-13-5-3-2-4-6-13/h2-7,10-11,17,20,22H,8-9,12H2,1H3. The van der Waals surface area contributed by atoms with Crippen LogP contribution in [0.2, 0.25) is 0 Å². The van der Waals surface area contributed by atoms with Gasteiger partial charge in [0.2, 0.25) is 0 Å². The highest BCUT2D eigenvalue weighted by Gasteiger charge is 2.28. The average Bonchev–Trinajstić information content (AvgIpc) is 3.07. The van der Waals surface area contributed by atoms with Crippen molar-refractivity contribution in [2.24, 2.45) is 7.05 Å². The number of aromatic nitrogens is 1. The first kappa shape index (κ1) is 13.4. The van der Waals surface area contributed by atoms with Crippen LogP contribution in [0.1, 0.15) is 29.3 Å². The van der Waals surface area contributed by atoms with Crippen LogP contribution in [0.25, 0.3) is 10.9 Å². The van der Waals surface area contributed by atoms with E-state index in [1.54, 1.807) is 6.07 Å². The van der Waals surface area contributed by atoms with Crippen LogP contribution < -0.4 is 5.32 Å². The minimum absolute atomic E-state index is 0.349. The van der Waals surface area contributed by atoms with E-state index in [9.17, 15) is 5.11 Å². The van der Waals surface area contributed by atoms with E-state index < -0.39 is 0 Å². The molecule has 0 aliphatic heterocycles. The predicted octanol–water partition coefficient (Wildman–Crippen LogP) is 3.66. The highest BCUT2D eigenvalue weighted by atomic mass is 16.3. The summed E-state index contributed by atoms with van der Waals surface area (Å²) < 4.78 is 2.28. The Kier molecular flexibility index (Phi) is 3.16. The van der Waals surface area contributed by atoms with Crippen LogP contribution in [0, 0.1) is 0 Å². The summed E-state index contributed by atoms with van der Waals surface area (Å²) in [7, 11) is 2.13. The van der Waals surface area contributed by atoms with Crippen LogP contribution >= 0.6 is 0 Å². The number of hydrogen-bond donors (Lipinski definition) is 2. The molecular weight excluding hydrogens is 272 g/mol. The Morgan fingerprint density at radius 3 is 2.82 bits per heavy atom. The van der Waals surface area contributed by atoms with Gasteiger partial charge in [0.15, 0.2) is 0 Å². The maximum absolute atomic E-state index is 9.76. The van der Waals surface area contributed by atoms with Gasteiger partial charge < -0.3 is 15.0 Å². The molecule has 3 heteroatoms. The molecule has 0 amide bonds. The second-order valence-electron chi connectivity index (χ2n) is 6.08. The molecular formula is C19H20N2O. The van der Waals surface area contributed by atoms with Crippen LogP contribution in [-0.4, -0.2) is 9.67 Å². The molecule has 1 aliphatic carbocycles. The van der Waals surface area contributed by atoms with Gasteiger partial charge in [0.25, 0.3) is 0 Å². The number of phenolic OH excluding ortho intramolecular Hbond substituents is 1. The van der Waals surface area contributed by atoms with Crippen molar-refractivity contribution in [2.45, 2.75) is 25.4 Å². The summed E-state index contributed by atoms with van der Waals surface area (Å²) in [5, 5.41) is 14.6. The summed E-state index contributed by atoms with van der Waals surface area (Å²) >= 11 is 0. The first-order valence-corrected chi connectivity index (χ1v) is 7.81. The molecule has 0 saturated carbocycles. The number of nitrogens with zero attached hydrogens (tertiary/aromatic N) is 1. The number of fused-ring (bicyclic) bond motifs is 3. The fourth-order valence-electron chi connectivity index (χ4n) is 3.70. The van der Waals surface area contributed by atoms with Gasteiger partial charge in [0.1, 0.15) is 5.75 Å². The van der Waals surface area contributed by atoms with Crippen molar-refractivity contribution in [1.29, 1.82) is 0 Å². The van der Waals surface area contributed by atoms with E-state index >= 15 is 0 Å². The van der Waals surface area contributed by atoms with Crippen LogP contribution in [0.3, 0.4) is 0 Å². The van der Waals surface area contributed by atoms with Crippen LogP contribution in [0.4, 0.5) is 0 Å². The van der Waals surface area contributed by atoms with E-state index in [-0.39, 0.29) is 0 Å². The highest BCUT2D eigenvalue weighted by Crippen LogP contribution is 2.39. The van der Waals surface area contributed by atoms with E-state index in [1.807, 2.05) is 18.2 Å². The average molecular weight is 292 g/mol. The second kappa shape index (κ2) is 5.18. The lowest BCUT2D eigenvalue weighted by atomic mass is 10.1. The third kappa shape index (κ3) is 2.09. The van der Waals surface area contributed by atoms with E-state index in [2.05, 4.69) is 41.2 Å². The molecule has 1 aromatic heterocycles. The molecule has 2 N–H and O–H groups in total. The maximum Gasteiger partial charge on any atom is 0.116 e. The Labute approximate surface area is 130 Å². The van der Waals surface area contributed by atoms with Crippen LogP contribution in [0.5, 0.6) is 5.75 Å². The minimum Gasteiger partial charge on any atom is -0.508 e. The van der Waals surface area contributed by atoms with Crippen molar-refractivity contribution in [1.82, 2.24) is 9.88 Å². The number of benzene rings is 2. The number of hydrogen-bond acceptors (Lipinski definition) is 2. The number of phenols is 1. The lowest BCUT2D eigenvalue weighted by Crippen LogP contribution is -2.20. The van der Waals surface area contributed by atoms with Gasteiger partial charge in [0, 0.05) is 36.2 Å². The fourth-order valence-corrected chi connectivity index (χ4v) is 3.70. The predicted molar refractivity (Wildman–Crippen MR) is 88.9 cm³/mol. The van der Waals surface area contributed by atoms with E-state index in [4.69, 9.17) is 0 Å². The molecule has 3 aromatic rings. The van der Waals surface area contributed by atoms with Crippen molar-refractivity contribution < 1.29 is 5.11 Å². The Morgan fingerprint density at radius 1 is 1.18 bits per heavy atom. The van der Waals surface area contributed by atoms with Crippen molar-refractivity contribution >= 4 is 10.9 Å². The topological polar surface area (TPSA) is 37.2 Å². The monoisotopic (exact) mass is 292 g/mol. The first-order chi connectivity index (χ1) is 10.7. The largest absolute Gasteiger partial charge is 0.508 e. The van der Waals surface area contributed by atoms with E-state index in [0.29, 0.717) is 11.8 Å². The molecule has 2 aromatic carbocycles. The molecule has 0 fully saturated rings. The summed E-state index contributed by atoms with van der Waals surface area (Å²) in [5.41, 5.74) is 5.27. The molecule has 1 heterocycles. The van der Waals surface area contributed by atoms with E-state index in [1.165, 1.54) is 27.7 Å². The Morgan fingerprint density at radius 2 is 2.00 bits per heavy atom. The molecule has 0 saturated heterocycles. The normalized spacial score (nSPS) is 17.0. The Hall–Kier alpha value is -2.26. The van der Waals surface area contributed by atoms with Crippen LogP contribution in [-0.2, 0) is 20.0 Å². The smallest absolute Gasteiger partial charge is 0.116 e. The molecule has 0 bridgehead atoms. The number of nitrogens with one attached hydrogen (secondary N) is 1. The summed E-state index contributed by atoms with van der Waals surface area (Å²) in [6.45, 7) is 0.887. The lowest BCUT2D eigenvalue weighted by Gasteiger charge is -2.15. The third-order valence-electron chi connectivity index (χ3n) is 4.75. The van der Waals surface area contributed by atoms with Gasteiger partial charge in [0.05, 0.1) is 0 Å². The number of rotatable bonds is 3. The van der Waals surface area contributed by atoms with Crippen molar-refractivity contribution in [3.8, 4) is 5.75 Å². The zero-order chi connectivity index (χ0) is 15.1. The summed E-state index contributed by atoms with van der Waals surface area (Å²) in [4.78, 5) is 0. The number of aryl methyl sites for hydroxylation is 2. The van der Waals surface area contributed by atoms with Gasteiger partial charge in [-0.05, 0) is 42.2 Å². The van der Waals surface area contributed by atoms with Crippen molar-refractivity contribution in [3.05, 3.63) is 65.4 Å². The first-order valence-electron chi connectivity index (χ1n) is 7.81. The number of aromatic hydroxyl groups is 1. The SMILES string of the molecule is Cn1c2c(c3cc(O)ccc31)CCC2NCc1ccccc1. The molecule has 1 unspecified atom stereocenters. The summed E-state index contributed by atoms with van der Waals surface area (Å²) in [5.74, 6) is 0.349. The second-order valence-corrected chi connectivity index (χ2v) is 6.08. The molecule has 0 radical (unpaired) electrons. The Balaban J connectivity index is 1.66. The lowest BCUT2D eigenvalue weighted by molar-refractivity contribution is 0.476. The zero-order valence-corrected chi connectivity index (χ0v) is 12.7. The Bertz CT molecular complexity index is 820. The quantitative estimate of drug-likeness (QED) is 0.773. The third-order valence-corrected chi connectivity index (χ3v) is 4.75. The molecule has 4 rings (SSSR count). The van der Waals surface area contributed by atoms with Gasteiger partial charge in [-0.15, -0.1) is 0 Å². The van der Waals surface area contributed by atoms with Gasteiger partial charge in [-0.1, -0.05) is 30.3 Å². The molecule has 22 heavy (non-hydrogen) atoms. The summed E-state index contributed by atoms with van der Waals surface area (Å²) in [6.07, 6.45) is 2.19. The van der Waals surface area contributed by atoms with E-state index in [0.717, 1.165) is 19.4 Å². The molecule has 1 atom stereocenters.